The fourth-order valence-corrected chi connectivity index (χ4v) is 1.54. The molecule has 0 saturated carbocycles. The van der Waals surface area contributed by atoms with E-state index in [1.165, 1.54) is 0 Å². The summed E-state index contributed by atoms with van der Waals surface area (Å²) in [6, 6.07) is 3.53. The first-order chi connectivity index (χ1) is 9.17. The van der Waals surface area contributed by atoms with Crippen molar-refractivity contribution in [3.05, 3.63) is 23.9 Å². The fraction of sp³-hybridized carbons (Fsp3) is 0.571. The Morgan fingerprint density at radius 1 is 1.47 bits per heavy atom. The molecule has 1 atom stereocenters. The molecule has 106 valence electrons. The first-order valence-corrected chi connectivity index (χ1v) is 6.67. The predicted octanol–water partition coefficient (Wildman–Crippen LogP) is 1.48. The molecule has 0 saturated heterocycles. The lowest BCUT2D eigenvalue weighted by Gasteiger charge is -2.14. The number of ether oxygens (including phenoxy) is 1. The Morgan fingerprint density at radius 3 is 2.84 bits per heavy atom. The number of nitrogens with zero attached hydrogens (tertiary/aromatic N) is 1. The third-order valence-electron chi connectivity index (χ3n) is 2.84. The zero-order valence-electron chi connectivity index (χ0n) is 11.9. The van der Waals surface area contributed by atoms with Crippen molar-refractivity contribution in [2.24, 2.45) is 0 Å². The molecule has 1 rings (SSSR count). The first kappa shape index (κ1) is 15.4. The van der Waals surface area contributed by atoms with Crippen LogP contribution >= 0.6 is 0 Å². The molecule has 5 nitrogen and oxygen atoms in total. The number of amides is 1. The van der Waals surface area contributed by atoms with Crippen LogP contribution in [0.2, 0.25) is 0 Å². The van der Waals surface area contributed by atoms with Gasteiger partial charge in [0.15, 0.2) is 0 Å². The highest BCUT2D eigenvalue weighted by Gasteiger charge is 2.11. The molecule has 0 aliphatic carbocycles. The normalized spacial score (nSPS) is 11.9. The van der Waals surface area contributed by atoms with Crippen molar-refractivity contribution in [1.82, 2.24) is 15.6 Å². The Bertz CT molecular complexity index is 379. The predicted molar refractivity (Wildman–Crippen MR) is 75.0 cm³/mol. The highest BCUT2D eigenvalue weighted by atomic mass is 16.5. The van der Waals surface area contributed by atoms with Crippen LogP contribution in [0, 0.1) is 0 Å². The molecular weight excluding hydrogens is 242 g/mol. The lowest BCUT2D eigenvalue weighted by Crippen LogP contribution is -2.42. The van der Waals surface area contributed by atoms with Gasteiger partial charge >= 0.3 is 0 Å². The molecule has 0 bridgehead atoms. The molecule has 0 aromatic carbocycles. The number of methoxy groups -OCH3 is 1. The van der Waals surface area contributed by atoms with E-state index in [2.05, 4.69) is 22.5 Å². The Labute approximate surface area is 114 Å². The maximum Gasteiger partial charge on any atom is 0.236 e. The number of nitrogens with one attached hydrogen (secondary N) is 2. The van der Waals surface area contributed by atoms with Gasteiger partial charge in [-0.15, -0.1) is 0 Å². The lowest BCUT2D eigenvalue weighted by atomic mass is 10.2. The summed E-state index contributed by atoms with van der Waals surface area (Å²) in [5.41, 5.74) is 1.02. The van der Waals surface area contributed by atoms with E-state index in [0.717, 1.165) is 24.9 Å². The minimum absolute atomic E-state index is 0.0370. The number of unbranched alkanes of at least 4 members (excludes halogenated alkanes) is 1. The van der Waals surface area contributed by atoms with Gasteiger partial charge in [-0.2, -0.15) is 0 Å². The van der Waals surface area contributed by atoms with E-state index in [4.69, 9.17) is 4.74 Å². The van der Waals surface area contributed by atoms with Gasteiger partial charge in [0, 0.05) is 25.4 Å². The van der Waals surface area contributed by atoms with Crippen molar-refractivity contribution in [2.75, 3.05) is 13.7 Å². The molecule has 1 amide bonds. The van der Waals surface area contributed by atoms with Crippen LogP contribution < -0.4 is 15.4 Å². The Morgan fingerprint density at radius 2 is 2.26 bits per heavy atom. The molecule has 2 N–H and O–H groups in total. The van der Waals surface area contributed by atoms with Gasteiger partial charge in [0.2, 0.25) is 11.8 Å². The van der Waals surface area contributed by atoms with E-state index in [1.54, 1.807) is 13.3 Å². The Hall–Kier alpha value is -1.62. The van der Waals surface area contributed by atoms with Crippen LogP contribution in [0.15, 0.2) is 18.3 Å². The van der Waals surface area contributed by atoms with E-state index in [-0.39, 0.29) is 11.9 Å². The number of rotatable bonds is 8. The summed E-state index contributed by atoms with van der Waals surface area (Å²) in [5.74, 6) is 0.629. The Balaban J connectivity index is 2.32. The summed E-state index contributed by atoms with van der Waals surface area (Å²) in [6.07, 6.45) is 3.84. The molecule has 1 aromatic heterocycles. The molecule has 1 heterocycles. The molecule has 0 aliphatic rings. The van der Waals surface area contributed by atoms with Crippen LogP contribution in [0.3, 0.4) is 0 Å². The topological polar surface area (TPSA) is 63.2 Å². The maximum absolute atomic E-state index is 11.7. The lowest BCUT2D eigenvalue weighted by molar-refractivity contribution is -0.122. The number of pyridine rings is 1. The van der Waals surface area contributed by atoms with Gasteiger partial charge in [0.1, 0.15) is 0 Å². The van der Waals surface area contributed by atoms with Gasteiger partial charge in [-0.3, -0.25) is 4.79 Å². The largest absolute Gasteiger partial charge is 0.481 e. The molecular formula is C14H23N3O2. The van der Waals surface area contributed by atoms with Gasteiger partial charge in [0.25, 0.3) is 0 Å². The van der Waals surface area contributed by atoms with Crippen molar-refractivity contribution in [3.8, 4) is 5.88 Å². The molecule has 0 fully saturated rings. The van der Waals surface area contributed by atoms with Gasteiger partial charge < -0.3 is 15.4 Å². The third-order valence-corrected chi connectivity index (χ3v) is 2.84. The van der Waals surface area contributed by atoms with Crippen LogP contribution in [0.25, 0.3) is 0 Å². The van der Waals surface area contributed by atoms with Crippen molar-refractivity contribution in [3.63, 3.8) is 0 Å². The van der Waals surface area contributed by atoms with Crippen molar-refractivity contribution in [1.29, 1.82) is 0 Å². The number of carbonyl (C=O) groups excluding carboxylic acids is 1. The maximum atomic E-state index is 11.7. The summed E-state index contributed by atoms with van der Waals surface area (Å²) in [4.78, 5) is 15.8. The van der Waals surface area contributed by atoms with E-state index in [9.17, 15) is 4.79 Å². The van der Waals surface area contributed by atoms with Crippen molar-refractivity contribution in [2.45, 2.75) is 39.3 Å². The van der Waals surface area contributed by atoms with Gasteiger partial charge in [-0.05, 0) is 18.9 Å². The molecule has 0 spiro atoms. The molecule has 0 aliphatic heterocycles. The van der Waals surface area contributed by atoms with Crippen LogP contribution in [-0.4, -0.2) is 30.6 Å². The average Bonchev–Trinajstić information content (AvgIpc) is 2.45. The van der Waals surface area contributed by atoms with Crippen LogP contribution in [0.4, 0.5) is 0 Å². The minimum Gasteiger partial charge on any atom is -0.481 e. The summed E-state index contributed by atoms with van der Waals surface area (Å²) < 4.78 is 4.99. The smallest absolute Gasteiger partial charge is 0.236 e. The second-order valence-electron chi connectivity index (χ2n) is 4.46. The summed E-state index contributed by atoms with van der Waals surface area (Å²) in [6.45, 7) is 5.31. The number of hydrogen-bond donors (Lipinski definition) is 2. The minimum atomic E-state index is -0.209. The number of carbonyl (C=O) groups is 1. The molecule has 1 unspecified atom stereocenters. The zero-order chi connectivity index (χ0) is 14.1. The van der Waals surface area contributed by atoms with E-state index in [1.807, 2.05) is 19.1 Å². The highest BCUT2D eigenvalue weighted by molar-refractivity contribution is 5.81. The van der Waals surface area contributed by atoms with E-state index in [0.29, 0.717) is 12.4 Å². The molecule has 5 heteroatoms. The van der Waals surface area contributed by atoms with Crippen molar-refractivity contribution < 1.29 is 9.53 Å². The van der Waals surface area contributed by atoms with E-state index >= 15 is 0 Å². The number of aromatic nitrogens is 1. The standard InChI is InChI=1S/C14H23N3O2/c1-4-5-8-15-14(18)11(2)16-9-12-6-7-13(19-3)17-10-12/h6-7,10-11,16H,4-5,8-9H2,1-3H3,(H,15,18). The van der Waals surface area contributed by atoms with Gasteiger partial charge in [-0.25, -0.2) is 4.98 Å². The molecule has 0 radical (unpaired) electrons. The van der Waals surface area contributed by atoms with Crippen LogP contribution in [0.5, 0.6) is 5.88 Å². The van der Waals surface area contributed by atoms with E-state index < -0.39 is 0 Å². The average molecular weight is 265 g/mol. The molecule has 1 aromatic rings. The summed E-state index contributed by atoms with van der Waals surface area (Å²) in [5, 5.41) is 6.07. The Kier molecular flexibility index (Phi) is 6.89. The SMILES string of the molecule is CCCCNC(=O)C(C)NCc1ccc(OC)nc1. The van der Waals surface area contributed by atoms with Gasteiger partial charge in [0.05, 0.1) is 13.2 Å². The number of hydrogen-bond acceptors (Lipinski definition) is 4. The van der Waals surface area contributed by atoms with Gasteiger partial charge in [-0.1, -0.05) is 19.4 Å². The first-order valence-electron chi connectivity index (χ1n) is 6.67. The summed E-state index contributed by atoms with van der Waals surface area (Å²) in [7, 11) is 1.59. The quantitative estimate of drug-likeness (QED) is 0.699. The van der Waals surface area contributed by atoms with Crippen molar-refractivity contribution >= 4 is 5.91 Å². The summed E-state index contributed by atoms with van der Waals surface area (Å²) >= 11 is 0. The monoisotopic (exact) mass is 265 g/mol. The zero-order valence-corrected chi connectivity index (χ0v) is 11.9. The van der Waals surface area contributed by atoms with Crippen LogP contribution in [0.1, 0.15) is 32.3 Å². The highest BCUT2D eigenvalue weighted by Crippen LogP contribution is 2.06. The second-order valence-corrected chi connectivity index (χ2v) is 4.46. The third kappa shape index (κ3) is 5.70. The fourth-order valence-electron chi connectivity index (χ4n) is 1.54. The van der Waals surface area contributed by atoms with Crippen LogP contribution in [-0.2, 0) is 11.3 Å². The second kappa shape index (κ2) is 8.48. The molecule has 19 heavy (non-hydrogen) atoms.